The standard InChI is InChI=1S/C3H7BIP/c1-3(2)6-4-5/h4,6H,1H2,2H3. The van der Waals surface area contributed by atoms with Gasteiger partial charge < -0.3 is 0 Å². The Bertz CT molecular complexity index is 54.8. The highest BCUT2D eigenvalue weighted by atomic mass is 127. The quantitative estimate of drug-likeness (QED) is 0.372. The highest BCUT2D eigenvalue weighted by Crippen LogP contribution is 2.19. The smallest absolute Gasteiger partial charge is 0.148 e. The first-order chi connectivity index (χ1) is 2.77. The number of allylic oxidation sites excluding steroid dienone is 1. The van der Waals surface area contributed by atoms with Crippen LogP contribution < -0.4 is 0 Å². The van der Waals surface area contributed by atoms with E-state index in [4.69, 9.17) is 0 Å². The van der Waals surface area contributed by atoms with Crippen molar-refractivity contribution in [1.29, 1.82) is 0 Å². The molecule has 0 aromatic carbocycles. The van der Waals surface area contributed by atoms with Crippen LogP contribution in [0.15, 0.2) is 11.9 Å². The highest BCUT2D eigenvalue weighted by Gasteiger charge is 1.79. The van der Waals surface area contributed by atoms with Gasteiger partial charge in [-0.2, -0.15) is 0 Å². The van der Waals surface area contributed by atoms with Crippen LogP contribution in [0.2, 0.25) is 0 Å². The molecule has 0 aliphatic carbocycles. The maximum Gasteiger partial charge on any atom is 0.229 e. The van der Waals surface area contributed by atoms with Gasteiger partial charge in [-0.1, -0.05) is 11.9 Å². The van der Waals surface area contributed by atoms with Crippen molar-refractivity contribution in [2.45, 2.75) is 6.92 Å². The van der Waals surface area contributed by atoms with E-state index in [1.54, 1.807) is 0 Å². The number of hydrogen-bond donors (Lipinski definition) is 0. The monoisotopic (exact) mass is 212 g/mol. The molecule has 0 spiro atoms. The topological polar surface area (TPSA) is 0 Å². The molecule has 1 unspecified atom stereocenters. The van der Waals surface area contributed by atoms with Crippen LogP contribution in [-0.2, 0) is 0 Å². The summed E-state index contributed by atoms with van der Waals surface area (Å²) in [6, 6.07) is 0. The molecule has 0 nitrogen and oxygen atoms in total. The molecule has 1 atom stereocenters. The minimum absolute atomic E-state index is 0.964. The fourth-order valence-electron chi connectivity index (χ4n) is 0.114. The van der Waals surface area contributed by atoms with Crippen LogP contribution in [0.3, 0.4) is 0 Å². The largest absolute Gasteiger partial charge is 0.229 e. The van der Waals surface area contributed by atoms with Crippen molar-refractivity contribution in [3.05, 3.63) is 11.9 Å². The summed E-state index contributed by atoms with van der Waals surface area (Å²) in [6.07, 6.45) is 0. The van der Waals surface area contributed by atoms with E-state index in [-0.39, 0.29) is 0 Å². The van der Waals surface area contributed by atoms with E-state index in [0.717, 1.165) is 8.46 Å². The fourth-order valence-corrected chi connectivity index (χ4v) is 2.30. The average Bonchev–Trinajstić information content (AvgIpc) is 1.35. The Morgan fingerprint density at radius 3 is 2.50 bits per heavy atom. The van der Waals surface area contributed by atoms with E-state index < -0.39 is 0 Å². The Morgan fingerprint density at radius 1 is 2.00 bits per heavy atom. The Morgan fingerprint density at radius 2 is 2.50 bits per heavy atom. The molecule has 0 N–H and O–H groups in total. The zero-order chi connectivity index (χ0) is 4.99. The third-order valence-corrected chi connectivity index (χ3v) is 2.25. The normalized spacial score (nSPS) is 9.67. The molecule has 0 aliphatic rings. The molecule has 0 aliphatic heterocycles. The molecule has 0 amide bonds. The third-order valence-electron chi connectivity index (χ3n) is 0.369. The second kappa shape index (κ2) is 4.13. The zero-order valence-corrected chi connectivity index (χ0v) is 6.95. The third kappa shape index (κ3) is 4.96. The molecule has 0 heterocycles. The Hall–Kier alpha value is 0.965. The van der Waals surface area contributed by atoms with E-state index in [1.807, 2.05) is 0 Å². The van der Waals surface area contributed by atoms with Crippen molar-refractivity contribution in [2.24, 2.45) is 0 Å². The van der Waals surface area contributed by atoms with Crippen LogP contribution in [0.5, 0.6) is 0 Å². The summed E-state index contributed by atoms with van der Waals surface area (Å²) < 4.78 is 0. The molecule has 0 aromatic rings. The maximum atomic E-state index is 3.75. The molecule has 0 radical (unpaired) electrons. The van der Waals surface area contributed by atoms with Crippen LogP contribution in [0.25, 0.3) is 0 Å². The first-order valence-electron chi connectivity index (χ1n) is 1.72. The van der Waals surface area contributed by atoms with Crippen molar-refractivity contribution in [3.63, 3.8) is 0 Å². The van der Waals surface area contributed by atoms with Crippen LogP contribution in [0.4, 0.5) is 0 Å². The number of rotatable bonds is 2. The lowest BCUT2D eigenvalue weighted by atomic mass is 10.7. The van der Waals surface area contributed by atoms with E-state index in [2.05, 4.69) is 35.9 Å². The molecule has 0 saturated carbocycles. The summed E-state index contributed by atoms with van der Waals surface area (Å²) >= 11 is 2.35. The van der Waals surface area contributed by atoms with Gasteiger partial charge in [0.1, 0.15) is 0 Å². The predicted molar refractivity (Wildman–Crippen MR) is 44.3 cm³/mol. The summed E-state index contributed by atoms with van der Waals surface area (Å²) in [7, 11) is 0.964. The first-order valence-corrected chi connectivity index (χ1v) is 4.46. The van der Waals surface area contributed by atoms with Crippen molar-refractivity contribution < 1.29 is 0 Å². The molecule has 0 aromatic heterocycles. The summed E-state index contributed by atoms with van der Waals surface area (Å²) in [5.41, 5.74) is 0. The van der Waals surface area contributed by atoms with Gasteiger partial charge in [-0.3, -0.25) is 0 Å². The molecular formula is C3H7BIP. The fraction of sp³-hybridized carbons (Fsp3) is 0.333. The van der Waals surface area contributed by atoms with Gasteiger partial charge in [-0.05, 0) is 6.92 Å². The summed E-state index contributed by atoms with van der Waals surface area (Å²) in [5, 5.41) is 1.31. The number of halogens is 1. The van der Waals surface area contributed by atoms with Crippen molar-refractivity contribution in [1.82, 2.24) is 0 Å². The Balaban J connectivity index is 2.83. The number of hydrogen-bond acceptors (Lipinski definition) is 0. The van der Waals surface area contributed by atoms with Gasteiger partial charge in [-0.15, -0.1) is 30.8 Å². The molecule has 6 heavy (non-hydrogen) atoms. The van der Waals surface area contributed by atoms with Crippen molar-refractivity contribution in [3.8, 4) is 0 Å². The van der Waals surface area contributed by atoms with Crippen LogP contribution >= 0.6 is 30.8 Å². The minimum Gasteiger partial charge on any atom is -0.148 e. The van der Waals surface area contributed by atoms with Gasteiger partial charge in [0.15, 0.2) is 0 Å². The maximum absolute atomic E-state index is 3.75. The molecule has 0 rings (SSSR count). The van der Waals surface area contributed by atoms with Gasteiger partial charge in [0.25, 0.3) is 0 Å². The van der Waals surface area contributed by atoms with Crippen molar-refractivity contribution >= 4 is 35.7 Å². The van der Waals surface area contributed by atoms with E-state index in [1.165, 1.54) is 10.2 Å². The van der Waals surface area contributed by atoms with Gasteiger partial charge in [0, 0.05) is 0 Å². The van der Waals surface area contributed by atoms with Crippen LogP contribution in [0.1, 0.15) is 6.92 Å². The minimum atomic E-state index is 0.964. The second-order valence-electron chi connectivity index (χ2n) is 1.09. The average molecular weight is 212 g/mol. The molecule has 0 fully saturated rings. The predicted octanol–water partition coefficient (Wildman–Crippen LogP) is 1.90. The van der Waals surface area contributed by atoms with Crippen molar-refractivity contribution in [2.75, 3.05) is 0 Å². The Labute approximate surface area is 54.6 Å². The van der Waals surface area contributed by atoms with E-state index in [9.17, 15) is 0 Å². The van der Waals surface area contributed by atoms with Gasteiger partial charge in [0.2, 0.25) is 4.86 Å². The molecule has 34 valence electrons. The molecule has 0 bridgehead atoms. The summed E-state index contributed by atoms with van der Waals surface area (Å²) in [5.74, 6) is 0. The summed E-state index contributed by atoms with van der Waals surface area (Å²) in [4.78, 5) is 1.23. The van der Waals surface area contributed by atoms with Crippen LogP contribution in [-0.4, -0.2) is 4.86 Å². The summed E-state index contributed by atoms with van der Waals surface area (Å²) in [6.45, 7) is 5.82. The van der Waals surface area contributed by atoms with Crippen LogP contribution in [0, 0.1) is 0 Å². The second-order valence-corrected chi connectivity index (χ2v) is 4.85. The SMILES string of the molecule is C=C(C)PBI. The van der Waals surface area contributed by atoms with Gasteiger partial charge in [0.05, 0.1) is 0 Å². The van der Waals surface area contributed by atoms with E-state index in [0.29, 0.717) is 0 Å². The zero-order valence-electron chi connectivity index (χ0n) is 3.79. The van der Waals surface area contributed by atoms with Gasteiger partial charge in [-0.25, -0.2) is 0 Å². The lowest BCUT2D eigenvalue weighted by molar-refractivity contribution is 1.73. The van der Waals surface area contributed by atoms with Gasteiger partial charge >= 0.3 is 0 Å². The molecular weight excluding hydrogens is 205 g/mol. The Kier molecular flexibility index (Phi) is 4.80. The molecule has 0 saturated heterocycles. The lowest BCUT2D eigenvalue weighted by Crippen LogP contribution is -1.57. The lowest BCUT2D eigenvalue weighted by Gasteiger charge is -1.85. The van der Waals surface area contributed by atoms with E-state index >= 15 is 0 Å². The highest BCUT2D eigenvalue weighted by molar-refractivity contribution is 14.1. The molecule has 3 heteroatoms. The first kappa shape index (κ1) is 6.96.